The minimum Gasteiger partial charge on any atom is -0.369 e. The van der Waals surface area contributed by atoms with Crippen LogP contribution in [0.2, 0.25) is 0 Å². The number of aryl methyl sites for hydroxylation is 1. The van der Waals surface area contributed by atoms with Crippen LogP contribution in [-0.2, 0) is 22.4 Å². The van der Waals surface area contributed by atoms with Crippen molar-refractivity contribution in [2.75, 3.05) is 7.05 Å². The summed E-state index contributed by atoms with van der Waals surface area (Å²) in [6, 6.07) is 6.52. The fourth-order valence-electron chi connectivity index (χ4n) is 5.18. The molecule has 1 aromatic rings. The molecule has 7 heteroatoms. The summed E-state index contributed by atoms with van der Waals surface area (Å²) in [6.07, 6.45) is 8.76. The van der Waals surface area contributed by atoms with Gasteiger partial charge >= 0.3 is 6.61 Å². The second-order valence-electron chi connectivity index (χ2n) is 9.26. The highest BCUT2D eigenvalue weighted by atomic mass is 19.3. The average molecular weight is 420 g/mol. The van der Waals surface area contributed by atoms with Gasteiger partial charge < -0.3 is 10.5 Å². The van der Waals surface area contributed by atoms with Crippen molar-refractivity contribution in [2.24, 2.45) is 22.1 Å². The number of nitrogens with zero attached hydrogens (tertiary/aromatic N) is 2. The highest BCUT2D eigenvalue weighted by Crippen LogP contribution is 2.56. The van der Waals surface area contributed by atoms with Gasteiger partial charge in [-0.05, 0) is 67.6 Å². The van der Waals surface area contributed by atoms with Gasteiger partial charge in [-0.1, -0.05) is 31.0 Å². The number of fused-ring (bicyclic) bond motifs is 1. The number of rotatable bonds is 7. The van der Waals surface area contributed by atoms with Crippen molar-refractivity contribution in [3.8, 4) is 0 Å². The van der Waals surface area contributed by atoms with Crippen LogP contribution in [0.25, 0.3) is 0 Å². The van der Waals surface area contributed by atoms with Crippen LogP contribution in [0.4, 0.5) is 8.78 Å². The molecule has 30 heavy (non-hydrogen) atoms. The van der Waals surface area contributed by atoms with E-state index in [2.05, 4.69) is 18.2 Å². The van der Waals surface area contributed by atoms with E-state index in [1.54, 1.807) is 7.05 Å². The molecule has 4 rings (SSSR count). The molecule has 2 N–H and O–H groups in total. The van der Waals surface area contributed by atoms with Gasteiger partial charge in [0, 0.05) is 12.5 Å². The van der Waals surface area contributed by atoms with Crippen molar-refractivity contribution >= 4 is 12.4 Å². The van der Waals surface area contributed by atoms with Gasteiger partial charge in [0.2, 0.25) is 6.41 Å². The molecule has 1 unspecified atom stereocenters. The van der Waals surface area contributed by atoms with E-state index >= 15 is 0 Å². The number of carbonyl (C=O) groups excluding carboxylic acids is 1. The molecule has 2 saturated carbocycles. The standard InChI is InChI=1S/C23H31F2N3O2/c1-28(14-29)22(26)27-20-19-12-16(5-4-15-2-3-15)6-7-17(19)13-23(20)10-8-18(9-11-23)30-21(24)25/h6-7,12,14-15,18,20-21H,2-5,8-11,13H2,1H3,(H2,26,27). The monoisotopic (exact) mass is 419 g/mol. The summed E-state index contributed by atoms with van der Waals surface area (Å²) in [5.41, 5.74) is 9.71. The number of alkyl halides is 2. The molecule has 1 amide bonds. The summed E-state index contributed by atoms with van der Waals surface area (Å²) in [7, 11) is 1.59. The summed E-state index contributed by atoms with van der Waals surface area (Å²) in [5, 5.41) is 0. The van der Waals surface area contributed by atoms with Crippen LogP contribution in [0.1, 0.15) is 67.7 Å². The molecule has 1 spiro atoms. The zero-order valence-electron chi connectivity index (χ0n) is 17.5. The van der Waals surface area contributed by atoms with E-state index < -0.39 is 12.7 Å². The van der Waals surface area contributed by atoms with E-state index in [0.29, 0.717) is 19.3 Å². The highest BCUT2D eigenvalue weighted by Gasteiger charge is 2.48. The molecular weight excluding hydrogens is 388 g/mol. The van der Waals surface area contributed by atoms with Gasteiger partial charge in [0.05, 0.1) is 12.1 Å². The number of ether oxygens (including phenoxy) is 1. The molecule has 0 saturated heterocycles. The van der Waals surface area contributed by atoms with E-state index in [9.17, 15) is 13.6 Å². The third kappa shape index (κ3) is 4.51. The van der Waals surface area contributed by atoms with E-state index in [1.165, 1.54) is 40.9 Å². The van der Waals surface area contributed by atoms with Crippen LogP contribution in [0.15, 0.2) is 23.2 Å². The number of nitrogens with two attached hydrogens (primary N) is 1. The SMILES string of the molecule is CN(C=O)C(N)=NC1c2cc(CCC3CC3)ccc2CC12CCC(OC(F)F)CC2. The van der Waals surface area contributed by atoms with Gasteiger partial charge in [-0.15, -0.1) is 0 Å². The number of amides is 1. The Labute approximate surface area is 176 Å². The Hall–Kier alpha value is -2.02. The fraction of sp³-hybridized carbons (Fsp3) is 0.652. The van der Waals surface area contributed by atoms with Crippen LogP contribution in [0.5, 0.6) is 0 Å². The molecule has 0 heterocycles. The van der Waals surface area contributed by atoms with Crippen molar-refractivity contribution in [1.82, 2.24) is 4.90 Å². The zero-order valence-corrected chi connectivity index (χ0v) is 17.5. The van der Waals surface area contributed by atoms with Gasteiger partial charge in [0.1, 0.15) is 0 Å². The van der Waals surface area contributed by atoms with E-state index in [0.717, 1.165) is 31.6 Å². The predicted molar refractivity (Wildman–Crippen MR) is 111 cm³/mol. The first-order valence-electron chi connectivity index (χ1n) is 11.0. The van der Waals surface area contributed by atoms with Gasteiger partial charge in [-0.25, -0.2) is 4.99 Å². The smallest absolute Gasteiger partial charge is 0.345 e. The number of hydrogen-bond donors (Lipinski definition) is 1. The summed E-state index contributed by atoms with van der Waals surface area (Å²) in [6.45, 7) is -2.73. The Balaban J connectivity index is 1.60. The van der Waals surface area contributed by atoms with E-state index in [1.807, 2.05) is 0 Å². The molecular formula is C23H31F2N3O2. The zero-order chi connectivity index (χ0) is 21.3. The Morgan fingerprint density at radius 3 is 2.70 bits per heavy atom. The Morgan fingerprint density at radius 2 is 2.07 bits per heavy atom. The minimum absolute atomic E-state index is 0.159. The summed E-state index contributed by atoms with van der Waals surface area (Å²) < 4.78 is 30.1. The van der Waals surface area contributed by atoms with Crippen molar-refractivity contribution in [3.05, 3.63) is 34.9 Å². The molecule has 164 valence electrons. The largest absolute Gasteiger partial charge is 0.369 e. The average Bonchev–Trinajstić information content (AvgIpc) is 3.52. The number of benzene rings is 1. The molecule has 3 aliphatic rings. The van der Waals surface area contributed by atoms with Gasteiger partial charge in [0.25, 0.3) is 0 Å². The summed E-state index contributed by atoms with van der Waals surface area (Å²) in [5.74, 6) is 1.07. The first kappa shape index (κ1) is 21.2. The second-order valence-corrected chi connectivity index (χ2v) is 9.26. The van der Waals surface area contributed by atoms with E-state index in [4.69, 9.17) is 15.5 Å². The maximum absolute atomic E-state index is 12.7. The molecule has 5 nitrogen and oxygen atoms in total. The number of guanidine groups is 1. The molecule has 3 aliphatic carbocycles. The topological polar surface area (TPSA) is 67.9 Å². The first-order chi connectivity index (χ1) is 14.4. The Morgan fingerprint density at radius 1 is 1.33 bits per heavy atom. The Bertz CT molecular complexity index is 802. The van der Waals surface area contributed by atoms with Gasteiger partial charge in [-0.3, -0.25) is 9.69 Å². The minimum atomic E-state index is -2.73. The number of hydrogen-bond acceptors (Lipinski definition) is 3. The van der Waals surface area contributed by atoms with Crippen LogP contribution < -0.4 is 5.73 Å². The van der Waals surface area contributed by atoms with Crippen LogP contribution in [-0.4, -0.2) is 37.0 Å². The lowest BCUT2D eigenvalue weighted by Gasteiger charge is -2.40. The van der Waals surface area contributed by atoms with Gasteiger partial charge in [-0.2, -0.15) is 8.78 Å². The van der Waals surface area contributed by atoms with Crippen LogP contribution >= 0.6 is 0 Å². The highest BCUT2D eigenvalue weighted by molar-refractivity contribution is 5.87. The van der Waals surface area contributed by atoms with Crippen molar-refractivity contribution in [3.63, 3.8) is 0 Å². The van der Waals surface area contributed by atoms with E-state index in [-0.39, 0.29) is 17.4 Å². The summed E-state index contributed by atoms with van der Waals surface area (Å²) >= 11 is 0. The normalized spacial score (nSPS) is 28.7. The molecule has 0 aliphatic heterocycles. The van der Waals surface area contributed by atoms with Crippen LogP contribution in [0.3, 0.4) is 0 Å². The lowest BCUT2D eigenvalue weighted by atomic mass is 9.68. The lowest BCUT2D eigenvalue weighted by molar-refractivity contribution is -0.175. The van der Waals surface area contributed by atoms with Crippen molar-refractivity contribution in [1.29, 1.82) is 0 Å². The molecule has 0 bridgehead atoms. The number of halogens is 2. The van der Waals surface area contributed by atoms with Gasteiger partial charge in [0.15, 0.2) is 5.96 Å². The molecule has 2 fully saturated rings. The van der Waals surface area contributed by atoms with Crippen LogP contribution in [0, 0.1) is 11.3 Å². The molecule has 0 aromatic heterocycles. The quantitative estimate of drug-likeness (QED) is 0.409. The molecule has 0 radical (unpaired) electrons. The maximum atomic E-state index is 12.7. The Kier molecular flexibility index (Phi) is 6.09. The summed E-state index contributed by atoms with van der Waals surface area (Å²) in [4.78, 5) is 17.3. The maximum Gasteiger partial charge on any atom is 0.345 e. The van der Waals surface area contributed by atoms with Crippen molar-refractivity contribution < 1.29 is 18.3 Å². The third-order valence-electron chi connectivity index (χ3n) is 7.17. The number of carbonyl (C=O) groups is 1. The first-order valence-corrected chi connectivity index (χ1v) is 11.0. The second kappa shape index (κ2) is 8.61. The van der Waals surface area contributed by atoms with Crippen molar-refractivity contribution in [2.45, 2.75) is 76.5 Å². The predicted octanol–water partition coefficient (Wildman–Crippen LogP) is 4.20. The molecule has 1 aromatic carbocycles. The lowest BCUT2D eigenvalue weighted by Crippen LogP contribution is -2.38. The third-order valence-corrected chi connectivity index (χ3v) is 7.17. The fourth-order valence-corrected chi connectivity index (χ4v) is 5.18. The number of aliphatic imine (C=N–C) groups is 1. The molecule has 1 atom stereocenters.